The predicted octanol–water partition coefficient (Wildman–Crippen LogP) is 0.670. The van der Waals surface area contributed by atoms with Crippen LogP contribution in [0, 0.1) is 6.92 Å². The SMILES string of the molecule is Cc1ccc2nc(CN3CCN(CP(=O)(O)O)CCN(CP(=O)(O)O)CCN(CP(=O)(O)O)CC3)ccc2c1. The summed E-state index contributed by atoms with van der Waals surface area (Å²) in [6.07, 6.45) is -1.56. The van der Waals surface area contributed by atoms with Crippen molar-refractivity contribution in [3.8, 4) is 0 Å². The van der Waals surface area contributed by atoms with Gasteiger partial charge in [-0.15, -0.1) is 0 Å². The Labute approximate surface area is 227 Å². The van der Waals surface area contributed by atoms with Gasteiger partial charge in [0.05, 0.1) is 11.2 Å². The highest BCUT2D eigenvalue weighted by molar-refractivity contribution is 7.52. The summed E-state index contributed by atoms with van der Waals surface area (Å²) in [6, 6.07) is 9.86. The molecule has 3 rings (SSSR count). The maximum atomic E-state index is 11.8. The van der Waals surface area contributed by atoms with Gasteiger partial charge in [-0.1, -0.05) is 17.7 Å². The molecule has 0 aliphatic carbocycles. The number of nitrogens with zero attached hydrogens (tertiary/aromatic N) is 5. The van der Waals surface area contributed by atoms with Crippen molar-refractivity contribution in [2.45, 2.75) is 13.5 Å². The van der Waals surface area contributed by atoms with E-state index in [9.17, 15) is 43.1 Å². The molecular weight excluding hydrogens is 571 g/mol. The fourth-order valence-electron chi connectivity index (χ4n) is 4.55. The van der Waals surface area contributed by atoms with Crippen LogP contribution in [0.2, 0.25) is 0 Å². The monoisotopic (exact) mass is 609 g/mol. The second-order valence-electron chi connectivity index (χ2n) is 10.0. The summed E-state index contributed by atoms with van der Waals surface area (Å²) < 4.78 is 35.3. The van der Waals surface area contributed by atoms with Crippen LogP contribution in [0.5, 0.6) is 0 Å². The van der Waals surface area contributed by atoms with Crippen molar-refractivity contribution < 1.29 is 43.1 Å². The Morgan fingerprint density at radius 1 is 0.641 bits per heavy atom. The predicted molar refractivity (Wildman–Crippen MR) is 147 cm³/mol. The highest BCUT2D eigenvalue weighted by Crippen LogP contribution is 2.37. The third kappa shape index (κ3) is 12.5. The smallest absolute Gasteiger partial charge is 0.324 e. The molecule has 2 aromatic rings. The van der Waals surface area contributed by atoms with Gasteiger partial charge in [0.15, 0.2) is 0 Å². The first kappa shape index (κ1) is 32.4. The molecule has 17 heteroatoms. The van der Waals surface area contributed by atoms with E-state index < -0.39 is 41.6 Å². The quantitative estimate of drug-likeness (QED) is 0.228. The molecule has 0 saturated carbocycles. The molecule has 1 aromatic heterocycles. The van der Waals surface area contributed by atoms with Crippen molar-refractivity contribution in [1.29, 1.82) is 0 Å². The lowest BCUT2D eigenvalue weighted by Crippen LogP contribution is -2.46. The Balaban J connectivity index is 1.83. The Morgan fingerprint density at radius 3 is 1.46 bits per heavy atom. The van der Waals surface area contributed by atoms with Gasteiger partial charge in [0.25, 0.3) is 0 Å². The van der Waals surface area contributed by atoms with Gasteiger partial charge in [0.2, 0.25) is 0 Å². The Bertz CT molecular complexity index is 1210. The second-order valence-corrected chi connectivity index (χ2v) is 14.9. The lowest BCUT2D eigenvalue weighted by atomic mass is 10.1. The molecule has 1 aromatic carbocycles. The van der Waals surface area contributed by atoms with Crippen LogP contribution < -0.4 is 0 Å². The van der Waals surface area contributed by atoms with Crippen LogP contribution in [0.3, 0.4) is 0 Å². The molecule has 1 aliphatic heterocycles. The molecule has 0 atom stereocenters. The zero-order valence-corrected chi connectivity index (χ0v) is 24.5. The molecular formula is C22H38N5O9P3. The maximum absolute atomic E-state index is 11.8. The van der Waals surface area contributed by atoms with Crippen LogP contribution in [0.15, 0.2) is 30.3 Å². The van der Waals surface area contributed by atoms with Crippen molar-refractivity contribution >= 4 is 33.7 Å². The average molecular weight is 609 g/mol. The number of benzene rings is 1. The van der Waals surface area contributed by atoms with Crippen LogP contribution in [0.4, 0.5) is 0 Å². The van der Waals surface area contributed by atoms with Gasteiger partial charge >= 0.3 is 22.8 Å². The standard InChI is InChI=1S/C22H38N5O9P3/c1-19-2-5-22-20(14-19)3-4-21(23-22)15-24-6-8-25(16-37(28,29)30)10-12-27(18-39(34,35)36)13-11-26(9-7-24)17-38(31,32)33/h2-5,14H,6-13,15-18H2,1H3,(H2,28,29,30)(H2,31,32,33)(H2,34,35,36). The van der Waals surface area contributed by atoms with Gasteiger partial charge in [-0.05, 0) is 25.1 Å². The number of hydrogen-bond donors (Lipinski definition) is 6. The summed E-state index contributed by atoms with van der Waals surface area (Å²) in [5.41, 5.74) is 2.74. The molecule has 0 radical (unpaired) electrons. The van der Waals surface area contributed by atoms with Gasteiger partial charge in [0.1, 0.15) is 18.9 Å². The summed E-state index contributed by atoms with van der Waals surface area (Å²) >= 11 is 0. The third-order valence-corrected chi connectivity index (χ3v) is 8.68. The summed E-state index contributed by atoms with van der Waals surface area (Å²) in [7, 11) is -13.2. The number of aryl methyl sites for hydroxylation is 1. The van der Waals surface area contributed by atoms with E-state index in [-0.39, 0.29) is 39.3 Å². The minimum atomic E-state index is -4.44. The largest absolute Gasteiger partial charge is 0.339 e. The molecule has 2 heterocycles. The van der Waals surface area contributed by atoms with Crippen molar-refractivity contribution in [2.24, 2.45) is 0 Å². The third-order valence-electron chi connectivity index (χ3n) is 6.37. The van der Waals surface area contributed by atoms with E-state index in [1.807, 2.05) is 42.2 Å². The molecule has 220 valence electrons. The molecule has 1 aliphatic rings. The van der Waals surface area contributed by atoms with E-state index in [2.05, 4.69) is 0 Å². The fourth-order valence-corrected chi connectivity index (χ4v) is 6.96. The first-order chi connectivity index (χ1) is 18.0. The highest BCUT2D eigenvalue weighted by atomic mass is 31.2. The van der Waals surface area contributed by atoms with E-state index in [1.165, 1.54) is 4.90 Å². The first-order valence-electron chi connectivity index (χ1n) is 12.4. The van der Waals surface area contributed by atoms with Crippen molar-refractivity contribution in [1.82, 2.24) is 24.6 Å². The Morgan fingerprint density at radius 2 is 1.05 bits per heavy atom. The van der Waals surface area contributed by atoms with Crippen molar-refractivity contribution in [2.75, 3.05) is 71.2 Å². The Kier molecular flexibility index (Phi) is 11.4. The lowest BCUT2D eigenvalue weighted by molar-refractivity contribution is 0.142. The molecule has 1 fully saturated rings. The molecule has 39 heavy (non-hydrogen) atoms. The normalized spacial score (nSPS) is 19.2. The van der Waals surface area contributed by atoms with E-state index in [1.54, 1.807) is 9.80 Å². The van der Waals surface area contributed by atoms with Gasteiger partial charge in [0, 0.05) is 64.3 Å². The zero-order valence-electron chi connectivity index (χ0n) is 21.9. The van der Waals surface area contributed by atoms with E-state index in [0.717, 1.165) is 22.2 Å². The van der Waals surface area contributed by atoms with Gasteiger partial charge in [-0.25, -0.2) is 0 Å². The van der Waals surface area contributed by atoms with E-state index in [4.69, 9.17) is 4.98 Å². The molecule has 0 unspecified atom stereocenters. The summed E-state index contributed by atoms with van der Waals surface area (Å²) in [4.78, 5) is 68.8. The molecule has 0 bridgehead atoms. The molecule has 1 saturated heterocycles. The number of rotatable bonds is 8. The Hall–Kier alpha value is -1.08. The molecule has 6 N–H and O–H groups in total. The average Bonchev–Trinajstić information content (AvgIpc) is 2.78. The summed E-state index contributed by atoms with van der Waals surface area (Å²) in [5.74, 6) is 0. The van der Waals surface area contributed by atoms with Crippen molar-refractivity contribution in [3.05, 3.63) is 41.6 Å². The van der Waals surface area contributed by atoms with Crippen LogP contribution in [0.25, 0.3) is 10.9 Å². The van der Waals surface area contributed by atoms with Crippen LogP contribution in [0.1, 0.15) is 11.3 Å². The molecule has 14 nitrogen and oxygen atoms in total. The lowest BCUT2D eigenvalue weighted by Gasteiger charge is -2.34. The number of aromatic nitrogens is 1. The minimum absolute atomic E-state index is 0.112. The maximum Gasteiger partial charge on any atom is 0.339 e. The topological polar surface area (TPSA) is 198 Å². The van der Waals surface area contributed by atoms with Crippen LogP contribution in [-0.4, -0.2) is 125 Å². The summed E-state index contributed by atoms with van der Waals surface area (Å²) in [5, 5.41) is 1.01. The van der Waals surface area contributed by atoms with Gasteiger partial charge < -0.3 is 29.4 Å². The van der Waals surface area contributed by atoms with Gasteiger partial charge in [-0.3, -0.25) is 38.3 Å². The van der Waals surface area contributed by atoms with Crippen LogP contribution >= 0.6 is 22.8 Å². The highest BCUT2D eigenvalue weighted by Gasteiger charge is 2.26. The first-order valence-corrected chi connectivity index (χ1v) is 17.8. The molecule has 0 amide bonds. The second kappa shape index (κ2) is 13.7. The van der Waals surface area contributed by atoms with Gasteiger partial charge in [-0.2, -0.15) is 0 Å². The number of pyridine rings is 1. The summed E-state index contributed by atoms with van der Waals surface area (Å²) in [6.45, 7) is 4.23. The van der Waals surface area contributed by atoms with Crippen molar-refractivity contribution in [3.63, 3.8) is 0 Å². The minimum Gasteiger partial charge on any atom is -0.324 e. The fraction of sp³-hybridized carbons (Fsp3) is 0.591. The number of fused-ring (bicyclic) bond motifs is 1. The van der Waals surface area contributed by atoms with E-state index in [0.29, 0.717) is 19.6 Å². The van der Waals surface area contributed by atoms with E-state index >= 15 is 0 Å². The number of hydrogen-bond acceptors (Lipinski definition) is 8. The zero-order chi connectivity index (χ0) is 28.8. The molecule has 0 spiro atoms. The van der Waals surface area contributed by atoms with Crippen LogP contribution in [-0.2, 0) is 20.2 Å².